The number of carbonyl (C=O) groups excluding carboxylic acids is 4. The van der Waals surface area contributed by atoms with E-state index >= 15 is 0 Å². The van der Waals surface area contributed by atoms with Crippen molar-refractivity contribution in [3.63, 3.8) is 0 Å². The molecule has 2 bridgehead atoms. The molecule has 1 aliphatic heterocycles. The van der Waals surface area contributed by atoms with Gasteiger partial charge in [-0.25, -0.2) is 9.97 Å². The van der Waals surface area contributed by atoms with E-state index in [4.69, 9.17) is 4.42 Å². The molecule has 39 heavy (non-hydrogen) atoms. The van der Waals surface area contributed by atoms with E-state index in [1.807, 2.05) is 44.2 Å². The Labute approximate surface area is 225 Å². The van der Waals surface area contributed by atoms with Crippen molar-refractivity contribution in [2.75, 3.05) is 6.54 Å². The minimum Gasteiger partial charge on any atom is -0.446 e. The topological polar surface area (TPSA) is 171 Å². The number of hydrogen-bond donors (Lipinski definition) is 5. The van der Waals surface area contributed by atoms with Crippen LogP contribution in [0, 0.1) is 5.92 Å². The summed E-state index contributed by atoms with van der Waals surface area (Å²) in [5, 5.41) is 11.3. The van der Waals surface area contributed by atoms with Crippen molar-refractivity contribution in [3.05, 3.63) is 72.0 Å². The summed E-state index contributed by atoms with van der Waals surface area (Å²) in [7, 11) is 0. The van der Waals surface area contributed by atoms with Crippen LogP contribution in [0.1, 0.15) is 71.6 Å². The van der Waals surface area contributed by atoms with Gasteiger partial charge in [0, 0.05) is 13.0 Å². The van der Waals surface area contributed by atoms with Crippen LogP contribution in [0.4, 0.5) is 0 Å². The van der Waals surface area contributed by atoms with Crippen LogP contribution in [0.15, 0.2) is 53.5 Å². The molecule has 5 N–H and O–H groups in total. The molecule has 3 aromatic rings. The Kier molecular flexibility index (Phi) is 9.08. The average molecular weight is 536 g/mol. The Morgan fingerprint density at radius 1 is 1.10 bits per heavy atom. The van der Waals surface area contributed by atoms with E-state index < -0.39 is 41.8 Å². The Hall–Kier alpha value is -4.48. The van der Waals surface area contributed by atoms with E-state index in [1.165, 1.54) is 18.8 Å². The lowest BCUT2D eigenvalue weighted by molar-refractivity contribution is -0.130. The summed E-state index contributed by atoms with van der Waals surface area (Å²) < 4.78 is 5.57. The van der Waals surface area contributed by atoms with Gasteiger partial charge >= 0.3 is 0 Å². The van der Waals surface area contributed by atoms with E-state index in [1.54, 1.807) is 0 Å². The third kappa shape index (κ3) is 7.30. The highest BCUT2D eigenvalue weighted by molar-refractivity contribution is 5.97. The second kappa shape index (κ2) is 12.9. The number of oxazole rings is 1. The van der Waals surface area contributed by atoms with Crippen LogP contribution in [-0.4, -0.2) is 57.2 Å². The minimum absolute atomic E-state index is 0.121. The van der Waals surface area contributed by atoms with Crippen molar-refractivity contribution in [1.82, 2.24) is 36.2 Å². The largest absolute Gasteiger partial charge is 0.446 e. The highest BCUT2D eigenvalue weighted by atomic mass is 16.3. The first kappa shape index (κ1) is 27.6. The molecule has 0 aliphatic carbocycles. The number of nitrogens with one attached hydrogen (secondary N) is 5. The summed E-state index contributed by atoms with van der Waals surface area (Å²) >= 11 is 0. The predicted molar refractivity (Wildman–Crippen MR) is 140 cm³/mol. The molecule has 4 amide bonds. The van der Waals surface area contributed by atoms with Crippen LogP contribution in [0.5, 0.6) is 0 Å². The van der Waals surface area contributed by atoms with Crippen LogP contribution in [0.2, 0.25) is 0 Å². The average Bonchev–Trinajstić information content (AvgIpc) is 3.63. The number of rotatable bonds is 5. The molecule has 0 radical (unpaired) electrons. The fourth-order valence-electron chi connectivity index (χ4n) is 4.28. The molecular weight excluding hydrogens is 502 g/mol. The van der Waals surface area contributed by atoms with Crippen LogP contribution >= 0.6 is 0 Å². The van der Waals surface area contributed by atoms with Crippen molar-refractivity contribution in [2.45, 2.75) is 57.7 Å². The smallest absolute Gasteiger partial charge is 0.273 e. The first-order valence-electron chi connectivity index (χ1n) is 13.0. The van der Waals surface area contributed by atoms with E-state index in [0.29, 0.717) is 25.8 Å². The van der Waals surface area contributed by atoms with Crippen molar-refractivity contribution >= 4 is 23.6 Å². The molecule has 1 aliphatic rings. The number of carbonyl (C=O) groups is 4. The predicted octanol–water partition coefficient (Wildman–Crippen LogP) is 1.65. The molecule has 12 heteroatoms. The van der Waals surface area contributed by atoms with Crippen LogP contribution in [0.25, 0.3) is 0 Å². The lowest BCUT2D eigenvalue weighted by Gasteiger charge is -2.26. The van der Waals surface area contributed by atoms with Gasteiger partial charge in [0.05, 0.1) is 12.5 Å². The fraction of sp³-hybridized carbons (Fsp3) is 0.407. The molecule has 2 aromatic heterocycles. The third-order valence-electron chi connectivity index (χ3n) is 6.47. The van der Waals surface area contributed by atoms with E-state index in [2.05, 4.69) is 36.2 Å². The summed E-state index contributed by atoms with van der Waals surface area (Å²) in [5.74, 6) is -1.75. The number of nitrogens with zero attached hydrogens (tertiary/aromatic N) is 2. The second-order valence-corrected chi connectivity index (χ2v) is 9.80. The standard InChI is InChI=1S/C27H33N7O5/c1-16(2)22-27-33-21(14-39-27)23(35)29-11-7-6-10-18(31-26(38)20-13-28-15-30-20)24(36)32-19(25(37)34-22)12-17-8-4-3-5-9-17/h3-5,8-9,13-16,18-19,22H,6-7,10-12H2,1-2H3,(H,28,30)(H,29,35)(H,31,38)(H,32,36)(H,34,37)/t18-,19-,22-/m0/s1. The molecule has 206 valence electrons. The van der Waals surface area contributed by atoms with E-state index in [-0.39, 0.29) is 29.6 Å². The first-order valence-corrected chi connectivity index (χ1v) is 13.0. The van der Waals surface area contributed by atoms with Gasteiger partial charge in [-0.3, -0.25) is 19.2 Å². The van der Waals surface area contributed by atoms with Gasteiger partial charge in [0.2, 0.25) is 17.7 Å². The maximum atomic E-state index is 13.6. The Balaban J connectivity index is 1.62. The molecule has 0 spiro atoms. The molecule has 3 atom stereocenters. The van der Waals surface area contributed by atoms with Crippen molar-refractivity contribution in [3.8, 4) is 0 Å². The number of H-pyrrole nitrogens is 1. The zero-order valence-corrected chi connectivity index (χ0v) is 21.9. The quantitative estimate of drug-likeness (QED) is 0.331. The number of aromatic amines is 1. The summed E-state index contributed by atoms with van der Waals surface area (Å²) in [6, 6.07) is 6.82. The summed E-state index contributed by atoms with van der Waals surface area (Å²) in [6.07, 6.45) is 5.62. The molecule has 4 rings (SSSR count). The summed E-state index contributed by atoms with van der Waals surface area (Å²) in [6.45, 7) is 4.13. The zero-order chi connectivity index (χ0) is 27.8. The van der Waals surface area contributed by atoms with Crippen molar-refractivity contribution in [1.29, 1.82) is 0 Å². The SMILES string of the molecule is CC(C)[C@@H]1NC(=O)[C@H](Cc2ccccc2)NC(=O)[C@@H](NC(=O)c2cnc[nH]2)CCCCNC(=O)c2coc1n2. The number of imidazole rings is 1. The molecular formula is C27H33N7O5. The highest BCUT2D eigenvalue weighted by Gasteiger charge is 2.31. The fourth-order valence-corrected chi connectivity index (χ4v) is 4.28. The van der Waals surface area contributed by atoms with Gasteiger partial charge < -0.3 is 30.7 Å². The van der Waals surface area contributed by atoms with Crippen molar-refractivity contribution in [2.24, 2.45) is 5.92 Å². The first-order chi connectivity index (χ1) is 18.8. The number of amides is 4. The Morgan fingerprint density at radius 3 is 2.62 bits per heavy atom. The van der Waals surface area contributed by atoms with E-state index in [9.17, 15) is 19.2 Å². The molecule has 0 saturated carbocycles. The molecule has 0 unspecified atom stereocenters. The maximum absolute atomic E-state index is 13.6. The van der Waals surface area contributed by atoms with Gasteiger partial charge in [0.1, 0.15) is 30.1 Å². The number of fused-ring (bicyclic) bond motifs is 2. The third-order valence-corrected chi connectivity index (χ3v) is 6.47. The van der Waals surface area contributed by atoms with E-state index in [0.717, 1.165) is 5.56 Å². The second-order valence-electron chi connectivity index (χ2n) is 9.80. The number of aromatic nitrogens is 3. The molecule has 12 nitrogen and oxygen atoms in total. The lowest BCUT2D eigenvalue weighted by Crippen LogP contribution is -2.55. The normalized spacial score (nSPS) is 21.1. The van der Waals surface area contributed by atoms with Gasteiger partial charge in [-0.15, -0.1) is 0 Å². The molecule has 0 fully saturated rings. The van der Waals surface area contributed by atoms with Crippen LogP contribution in [0.3, 0.4) is 0 Å². The van der Waals surface area contributed by atoms with Crippen molar-refractivity contribution < 1.29 is 23.6 Å². The van der Waals surface area contributed by atoms with Gasteiger partial charge in [-0.1, -0.05) is 44.2 Å². The summed E-state index contributed by atoms with van der Waals surface area (Å²) in [4.78, 5) is 63.3. The van der Waals surface area contributed by atoms with Gasteiger partial charge in [-0.05, 0) is 30.7 Å². The van der Waals surface area contributed by atoms with Crippen LogP contribution < -0.4 is 21.3 Å². The maximum Gasteiger partial charge on any atom is 0.273 e. The monoisotopic (exact) mass is 535 g/mol. The van der Waals surface area contributed by atoms with Gasteiger partial charge in [0.15, 0.2) is 5.69 Å². The van der Waals surface area contributed by atoms with Gasteiger partial charge in [-0.2, -0.15) is 0 Å². The molecule has 3 heterocycles. The highest BCUT2D eigenvalue weighted by Crippen LogP contribution is 2.22. The Bertz CT molecular complexity index is 1270. The van der Waals surface area contributed by atoms with Gasteiger partial charge in [0.25, 0.3) is 11.8 Å². The lowest BCUT2D eigenvalue weighted by atomic mass is 10.0. The zero-order valence-electron chi connectivity index (χ0n) is 21.9. The minimum atomic E-state index is -0.946. The Morgan fingerprint density at radius 2 is 1.90 bits per heavy atom. The van der Waals surface area contributed by atoms with Crippen LogP contribution in [-0.2, 0) is 16.0 Å². The number of hydrogen-bond acceptors (Lipinski definition) is 7. The molecule has 1 aromatic carbocycles. The number of benzene rings is 1. The molecule has 0 saturated heterocycles. The summed E-state index contributed by atoms with van der Waals surface area (Å²) in [5.41, 5.74) is 1.18.